The Morgan fingerprint density at radius 1 is 1.24 bits per heavy atom. The lowest BCUT2D eigenvalue weighted by atomic mass is 9.96. The Labute approximate surface area is 143 Å². The van der Waals surface area contributed by atoms with Crippen molar-refractivity contribution in [1.29, 1.82) is 0 Å². The molecule has 1 N–H and O–H groups in total. The number of hydrogen-bond acceptors (Lipinski definition) is 5. The van der Waals surface area contributed by atoms with Crippen molar-refractivity contribution in [1.82, 2.24) is 14.9 Å². The first kappa shape index (κ1) is 15.3. The minimum absolute atomic E-state index is 0.0204. The summed E-state index contributed by atoms with van der Waals surface area (Å²) in [6.45, 7) is 2.61. The molecule has 0 unspecified atom stereocenters. The number of aromatic nitrogens is 2. The van der Waals surface area contributed by atoms with Crippen LogP contribution >= 0.6 is 0 Å². The number of fused-ring (bicyclic) bond motifs is 2. The van der Waals surface area contributed by atoms with E-state index in [1.54, 1.807) is 30.3 Å². The molecule has 0 bridgehead atoms. The van der Waals surface area contributed by atoms with Crippen molar-refractivity contribution in [3.8, 4) is 0 Å². The van der Waals surface area contributed by atoms with Gasteiger partial charge in [0.2, 0.25) is 5.91 Å². The summed E-state index contributed by atoms with van der Waals surface area (Å²) in [4.78, 5) is 34.3. The summed E-state index contributed by atoms with van der Waals surface area (Å²) < 4.78 is 5.54. The highest BCUT2D eigenvalue weighted by Gasteiger charge is 2.24. The Morgan fingerprint density at radius 2 is 2.08 bits per heavy atom. The summed E-state index contributed by atoms with van der Waals surface area (Å²) in [5.41, 5.74) is 3.60. The summed E-state index contributed by atoms with van der Waals surface area (Å²) in [5.74, 6) is -0.292. The predicted octanol–water partition coefficient (Wildman–Crippen LogP) is 2.38. The van der Waals surface area contributed by atoms with Crippen molar-refractivity contribution in [2.24, 2.45) is 0 Å². The Balaban J connectivity index is 1.60. The van der Waals surface area contributed by atoms with Gasteiger partial charge in [-0.2, -0.15) is 4.98 Å². The summed E-state index contributed by atoms with van der Waals surface area (Å²) in [6, 6.07) is 7.47. The van der Waals surface area contributed by atoms with Gasteiger partial charge in [-0.1, -0.05) is 12.1 Å². The molecular formula is C18H16N4O3. The van der Waals surface area contributed by atoms with E-state index in [1.807, 2.05) is 18.2 Å². The lowest BCUT2D eigenvalue weighted by Crippen LogP contribution is -2.35. The molecule has 0 atom stereocenters. The highest BCUT2D eigenvalue weighted by molar-refractivity contribution is 6.04. The largest absolute Gasteiger partial charge is 0.423 e. The first-order valence-corrected chi connectivity index (χ1v) is 8.00. The Morgan fingerprint density at radius 3 is 2.88 bits per heavy atom. The topological polar surface area (TPSA) is 88.3 Å². The number of nitrogens with one attached hydrogen (secondary N) is 1. The number of rotatable bonds is 2. The van der Waals surface area contributed by atoms with Crippen molar-refractivity contribution in [2.45, 2.75) is 19.9 Å². The minimum Gasteiger partial charge on any atom is -0.423 e. The first-order chi connectivity index (χ1) is 12.1. The lowest BCUT2D eigenvalue weighted by molar-refractivity contribution is -0.129. The van der Waals surface area contributed by atoms with Gasteiger partial charge < -0.3 is 9.32 Å². The molecule has 1 aromatic carbocycles. The van der Waals surface area contributed by atoms with Gasteiger partial charge in [0.05, 0.1) is 5.56 Å². The zero-order valence-electron chi connectivity index (χ0n) is 13.7. The number of carbonyl (C=O) groups excluding carboxylic acids is 2. The number of amides is 2. The van der Waals surface area contributed by atoms with E-state index in [0.29, 0.717) is 36.2 Å². The fraction of sp³-hybridized carbons (Fsp3) is 0.222. The quantitative estimate of drug-likeness (QED) is 0.776. The molecule has 0 fully saturated rings. The molecule has 0 spiro atoms. The van der Waals surface area contributed by atoms with Gasteiger partial charge in [0.25, 0.3) is 5.91 Å². The molecule has 4 rings (SSSR count). The molecule has 1 aliphatic rings. The average Bonchev–Trinajstić information content (AvgIpc) is 3.02. The van der Waals surface area contributed by atoms with Gasteiger partial charge in [-0.05, 0) is 29.7 Å². The second-order valence-electron chi connectivity index (χ2n) is 5.96. The molecule has 126 valence electrons. The van der Waals surface area contributed by atoms with Crippen molar-refractivity contribution in [3.63, 3.8) is 0 Å². The second-order valence-corrected chi connectivity index (χ2v) is 5.96. The van der Waals surface area contributed by atoms with Gasteiger partial charge in [-0.3, -0.25) is 19.9 Å². The Bertz CT molecular complexity index is 946. The van der Waals surface area contributed by atoms with E-state index in [9.17, 15) is 9.59 Å². The summed E-state index contributed by atoms with van der Waals surface area (Å²) >= 11 is 0. The second kappa shape index (κ2) is 6.01. The maximum absolute atomic E-state index is 12.6. The number of para-hydroxylation sites is 2. The first-order valence-electron chi connectivity index (χ1n) is 8.00. The molecule has 0 saturated heterocycles. The van der Waals surface area contributed by atoms with Gasteiger partial charge >= 0.3 is 6.01 Å². The molecule has 7 heteroatoms. The standard InChI is InChI=1S/C18H16N4O3/c1-11(23)22-7-6-13-12(10-22)8-19-9-14(13)17(24)21-18-20-15-4-2-3-5-16(15)25-18/h2-5,8-9H,6-7,10H2,1H3,(H,20,21,24). The molecular weight excluding hydrogens is 320 g/mol. The average molecular weight is 336 g/mol. The molecule has 0 radical (unpaired) electrons. The van der Waals surface area contributed by atoms with Crippen LogP contribution in [0.5, 0.6) is 0 Å². The number of anilines is 1. The molecule has 25 heavy (non-hydrogen) atoms. The van der Waals surface area contributed by atoms with Gasteiger partial charge in [-0.25, -0.2) is 0 Å². The van der Waals surface area contributed by atoms with E-state index in [4.69, 9.17) is 4.42 Å². The molecule has 3 aromatic rings. The summed E-state index contributed by atoms with van der Waals surface area (Å²) in [5, 5.41) is 2.69. The van der Waals surface area contributed by atoms with Gasteiger partial charge in [0.1, 0.15) is 5.52 Å². The lowest BCUT2D eigenvalue weighted by Gasteiger charge is -2.28. The van der Waals surface area contributed by atoms with Gasteiger partial charge in [0.15, 0.2) is 5.58 Å². The van der Waals surface area contributed by atoms with Crippen molar-refractivity contribution >= 4 is 28.9 Å². The van der Waals surface area contributed by atoms with Gasteiger partial charge in [0, 0.05) is 32.4 Å². The van der Waals surface area contributed by atoms with Crippen LogP contribution in [0.15, 0.2) is 41.1 Å². The maximum atomic E-state index is 12.6. The molecule has 2 aromatic heterocycles. The van der Waals surface area contributed by atoms with Crippen LogP contribution in [0.1, 0.15) is 28.4 Å². The molecule has 2 amide bonds. The fourth-order valence-corrected chi connectivity index (χ4v) is 3.05. The zero-order valence-corrected chi connectivity index (χ0v) is 13.7. The van der Waals surface area contributed by atoms with E-state index in [1.165, 1.54) is 0 Å². The third-order valence-corrected chi connectivity index (χ3v) is 4.34. The van der Waals surface area contributed by atoms with E-state index in [0.717, 1.165) is 11.1 Å². The Hall–Kier alpha value is -3.22. The van der Waals surface area contributed by atoms with Crippen LogP contribution in [0.3, 0.4) is 0 Å². The van der Waals surface area contributed by atoms with Crippen LogP contribution in [-0.2, 0) is 17.8 Å². The fourth-order valence-electron chi connectivity index (χ4n) is 3.05. The van der Waals surface area contributed by atoms with Crippen LogP contribution in [0.4, 0.5) is 6.01 Å². The minimum atomic E-state index is -0.313. The van der Waals surface area contributed by atoms with E-state index < -0.39 is 0 Å². The number of pyridine rings is 1. The molecule has 3 heterocycles. The van der Waals surface area contributed by atoms with Gasteiger partial charge in [-0.15, -0.1) is 0 Å². The van der Waals surface area contributed by atoms with Crippen LogP contribution in [-0.4, -0.2) is 33.2 Å². The summed E-state index contributed by atoms with van der Waals surface area (Å²) in [6.07, 6.45) is 3.87. The monoisotopic (exact) mass is 336 g/mol. The number of hydrogen-bond donors (Lipinski definition) is 1. The van der Waals surface area contributed by atoms with E-state index in [-0.39, 0.29) is 17.8 Å². The normalized spacial score (nSPS) is 13.6. The van der Waals surface area contributed by atoms with E-state index >= 15 is 0 Å². The van der Waals surface area contributed by atoms with Crippen LogP contribution in [0.25, 0.3) is 11.1 Å². The number of oxazole rings is 1. The smallest absolute Gasteiger partial charge is 0.302 e. The highest BCUT2D eigenvalue weighted by Crippen LogP contribution is 2.23. The van der Waals surface area contributed by atoms with Crippen molar-refractivity contribution < 1.29 is 14.0 Å². The third-order valence-electron chi connectivity index (χ3n) is 4.34. The highest BCUT2D eigenvalue weighted by atomic mass is 16.4. The molecule has 7 nitrogen and oxygen atoms in total. The van der Waals surface area contributed by atoms with Crippen molar-refractivity contribution in [2.75, 3.05) is 11.9 Å². The zero-order chi connectivity index (χ0) is 17.4. The predicted molar refractivity (Wildman–Crippen MR) is 91.0 cm³/mol. The molecule has 1 aliphatic heterocycles. The van der Waals surface area contributed by atoms with Crippen LogP contribution in [0, 0.1) is 0 Å². The van der Waals surface area contributed by atoms with E-state index in [2.05, 4.69) is 15.3 Å². The summed E-state index contributed by atoms with van der Waals surface area (Å²) in [7, 11) is 0. The maximum Gasteiger partial charge on any atom is 0.302 e. The number of nitrogens with zero attached hydrogens (tertiary/aromatic N) is 3. The van der Waals surface area contributed by atoms with Crippen LogP contribution < -0.4 is 5.32 Å². The number of benzene rings is 1. The Kier molecular flexibility index (Phi) is 3.68. The third kappa shape index (κ3) is 2.84. The number of carbonyl (C=O) groups is 2. The molecule has 0 aliphatic carbocycles. The van der Waals surface area contributed by atoms with Crippen LogP contribution in [0.2, 0.25) is 0 Å². The SMILES string of the molecule is CC(=O)N1CCc2c(cncc2C(=O)Nc2nc3ccccc3o2)C1. The molecule has 0 saturated carbocycles. The van der Waals surface area contributed by atoms with Crippen molar-refractivity contribution in [3.05, 3.63) is 53.3 Å².